The summed E-state index contributed by atoms with van der Waals surface area (Å²) in [5.74, 6) is 4.78. The molecule has 17 heavy (non-hydrogen) atoms. The lowest BCUT2D eigenvalue weighted by Crippen LogP contribution is -2.49. The maximum atomic E-state index is 11.4. The molecule has 2 atom stereocenters. The van der Waals surface area contributed by atoms with Gasteiger partial charge in [0.15, 0.2) is 0 Å². The van der Waals surface area contributed by atoms with E-state index in [4.69, 9.17) is 5.84 Å². The highest BCUT2D eigenvalue weighted by Gasteiger charge is 2.34. The molecule has 100 valence electrons. The van der Waals surface area contributed by atoms with E-state index >= 15 is 0 Å². The van der Waals surface area contributed by atoms with Crippen molar-refractivity contribution in [3.8, 4) is 0 Å². The largest absolute Gasteiger partial charge is 0.389 e. The van der Waals surface area contributed by atoms with E-state index in [0.717, 1.165) is 25.7 Å². The quantitative estimate of drug-likeness (QED) is 0.367. The molecule has 1 amide bonds. The lowest BCUT2D eigenvalue weighted by atomic mass is 9.97. The van der Waals surface area contributed by atoms with E-state index in [1.807, 2.05) is 25.8 Å². The summed E-state index contributed by atoms with van der Waals surface area (Å²) >= 11 is 0. The van der Waals surface area contributed by atoms with Crippen LogP contribution < -0.4 is 11.3 Å². The SMILES string of the molecule is CC(C(=O)NN)C(C)N(C)CC1(O)CCCC1. The zero-order valence-corrected chi connectivity index (χ0v) is 11.1. The number of likely N-dealkylation sites (N-methyl/N-ethyl adjacent to an activating group) is 1. The molecule has 1 rings (SSSR count). The average Bonchev–Trinajstić information content (AvgIpc) is 2.72. The van der Waals surface area contributed by atoms with Crippen LogP contribution in [-0.4, -0.2) is 41.1 Å². The first-order valence-corrected chi connectivity index (χ1v) is 6.33. The van der Waals surface area contributed by atoms with Gasteiger partial charge in [0.1, 0.15) is 0 Å². The molecule has 0 aromatic rings. The summed E-state index contributed by atoms with van der Waals surface area (Å²) in [6.07, 6.45) is 3.91. The summed E-state index contributed by atoms with van der Waals surface area (Å²) in [4.78, 5) is 13.5. The summed E-state index contributed by atoms with van der Waals surface area (Å²) < 4.78 is 0. The standard InChI is InChI=1S/C12H25N3O2/c1-9(11(16)14-13)10(2)15(3)8-12(17)6-4-5-7-12/h9-10,17H,4-8,13H2,1-3H3,(H,14,16). The van der Waals surface area contributed by atoms with Gasteiger partial charge in [-0.1, -0.05) is 19.8 Å². The second-order valence-corrected chi connectivity index (χ2v) is 5.38. The molecular weight excluding hydrogens is 218 g/mol. The van der Waals surface area contributed by atoms with Crippen molar-refractivity contribution in [2.24, 2.45) is 11.8 Å². The second-order valence-electron chi connectivity index (χ2n) is 5.38. The van der Waals surface area contributed by atoms with E-state index < -0.39 is 5.60 Å². The van der Waals surface area contributed by atoms with Crippen LogP contribution in [0.4, 0.5) is 0 Å². The van der Waals surface area contributed by atoms with Crippen LogP contribution in [-0.2, 0) is 4.79 Å². The van der Waals surface area contributed by atoms with Crippen molar-refractivity contribution in [1.82, 2.24) is 10.3 Å². The number of carbonyl (C=O) groups excluding carboxylic acids is 1. The molecule has 0 spiro atoms. The number of rotatable bonds is 5. The van der Waals surface area contributed by atoms with Crippen molar-refractivity contribution in [3.05, 3.63) is 0 Å². The van der Waals surface area contributed by atoms with Gasteiger partial charge in [-0.25, -0.2) is 5.84 Å². The highest BCUT2D eigenvalue weighted by Crippen LogP contribution is 2.30. The molecule has 4 N–H and O–H groups in total. The second kappa shape index (κ2) is 5.80. The molecule has 1 saturated carbocycles. The fraction of sp³-hybridized carbons (Fsp3) is 0.917. The van der Waals surface area contributed by atoms with Gasteiger partial charge < -0.3 is 10.0 Å². The van der Waals surface area contributed by atoms with E-state index in [9.17, 15) is 9.90 Å². The summed E-state index contributed by atoms with van der Waals surface area (Å²) in [7, 11) is 1.95. The summed E-state index contributed by atoms with van der Waals surface area (Å²) in [6.45, 7) is 4.45. The number of nitrogens with zero attached hydrogens (tertiary/aromatic N) is 1. The Morgan fingerprint density at radius 2 is 2.00 bits per heavy atom. The molecule has 2 unspecified atom stereocenters. The smallest absolute Gasteiger partial charge is 0.238 e. The molecule has 1 aliphatic carbocycles. The van der Waals surface area contributed by atoms with Crippen LogP contribution in [0, 0.1) is 5.92 Å². The summed E-state index contributed by atoms with van der Waals surface area (Å²) in [5.41, 5.74) is 1.61. The van der Waals surface area contributed by atoms with Crippen LogP contribution in [0.3, 0.4) is 0 Å². The third-order valence-electron chi connectivity index (χ3n) is 4.05. The number of aliphatic hydroxyl groups is 1. The van der Waals surface area contributed by atoms with Gasteiger partial charge in [-0.2, -0.15) is 0 Å². The molecule has 5 nitrogen and oxygen atoms in total. The molecule has 0 aliphatic heterocycles. The maximum Gasteiger partial charge on any atom is 0.238 e. The van der Waals surface area contributed by atoms with Gasteiger partial charge in [-0.3, -0.25) is 10.2 Å². The van der Waals surface area contributed by atoms with Crippen LogP contribution in [0.1, 0.15) is 39.5 Å². The van der Waals surface area contributed by atoms with Crippen LogP contribution in [0.5, 0.6) is 0 Å². The molecule has 0 radical (unpaired) electrons. The zero-order valence-electron chi connectivity index (χ0n) is 11.1. The Balaban J connectivity index is 2.51. The number of carbonyl (C=O) groups is 1. The molecule has 5 heteroatoms. The van der Waals surface area contributed by atoms with Gasteiger partial charge in [0.05, 0.1) is 11.5 Å². The predicted molar refractivity (Wildman–Crippen MR) is 67.0 cm³/mol. The van der Waals surface area contributed by atoms with Gasteiger partial charge in [0, 0.05) is 12.6 Å². The number of nitrogens with two attached hydrogens (primary N) is 1. The normalized spacial score (nSPS) is 22.5. The molecule has 1 fully saturated rings. The van der Waals surface area contributed by atoms with Crippen molar-refractivity contribution in [1.29, 1.82) is 0 Å². The number of hydrazine groups is 1. The molecule has 0 heterocycles. The van der Waals surface area contributed by atoms with Gasteiger partial charge in [0.25, 0.3) is 0 Å². The molecule has 0 aromatic carbocycles. The lowest BCUT2D eigenvalue weighted by molar-refractivity contribution is -0.126. The van der Waals surface area contributed by atoms with Crippen molar-refractivity contribution in [2.75, 3.05) is 13.6 Å². The molecule has 0 bridgehead atoms. The minimum atomic E-state index is -0.568. The van der Waals surface area contributed by atoms with Crippen molar-refractivity contribution in [2.45, 2.75) is 51.2 Å². The molecule has 0 aromatic heterocycles. The number of nitrogens with one attached hydrogen (secondary N) is 1. The molecular formula is C12H25N3O2. The zero-order chi connectivity index (χ0) is 13.1. The molecule has 1 aliphatic rings. The van der Waals surface area contributed by atoms with Crippen molar-refractivity contribution < 1.29 is 9.90 Å². The number of amides is 1. The Labute approximate surface area is 103 Å². The van der Waals surface area contributed by atoms with Crippen LogP contribution in [0.25, 0.3) is 0 Å². The minimum absolute atomic E-state index is 0.0585. The van der Waals surface area contributed by atoms with Crippen LogP contribution in [0.15, 0.2) is 0 Å². The first kappa shape index (κ1) is 14.4. The monoisotopic (exact) mass is 243 g/mol. The Morgan fingerprint density at radius 1 is 1.47 bits per heavy atom. The van der Waals surface area contributed by atoms with Crippen molar-refractivity contribution in [3.63, 3.8) is 0 Å². The molecule has 0 saturated heterocycles. The van der Waals surface area contributed by atoms with Gasteiger partial charge >= 0.3 is 0 Å². The van der Waals surface area contributed by atoms with Crippen LogP contribution in [0.2, 0.25) is 0 Å². The van der Waals surface area contributed by atoms with E-state index in [1.165, 1.54) is 0 Å². The van der Waals surface area contributed by atoms with Crippen molar-refractivity contribution >= 4 is 5.91 Å². The Hall–Kier alpha value is -0.650. The van der Waals surface area contributed by atoms with E-state index in [0.29, 0.717) is 6.54 Å². The third-order valence-corrected chi connectivity index (χ3v) is 4.05. The maximum absolute atomic E-state index is 11.4. The lowest BCUT2D eigenvalue weighted by Gasteiger charge is -2.34. The number of hydrogen-bond acceptors (Lipinski definition) is 4. The highest BCUT2D eigenvalue weighted by atomic mass is 16.3. The van der Waals surface area contributed by atoms with Crippen LogP contribution >= 0.6 is 0 Å². The predicted octanol–water partition coefficient (Wildman–Crippen LogP) is 0.238. The fourth-order valence-electron chi connectivity index (χ4n) is 2.53. The first-order valence-electron chi connectivity index (χ1n) is 6.33. The Morgan fingerprint density at radius 3 is 2.47 bits per heavy atom. The fourth-order valence-corrected chi connectivity index (χ4v) is 2.53. The Bertz CT molecular complexity index is 264. The van der Waals surface area contributed by atoms with Gasteiger partial charge in [-0.05, 0) is 26.8 Å². The highest BCUT2D eigenvalue weighted by molar-refractivity contribution is 5.78. The third kappa shape index (κ3) is 3.66. The first-order chi connectivity index (χ1) is 7.89. The topological polar surface area (TPSA) is 78.6 Å². The van der Waals surface area contributed by atoms with Gasteiger partial charge in [0.2, 0.25) is 5.91 Å². The van der Waals surface area contributed by atoms with Gasteiger partial charge in [-0.15, -0.1) is 0 Å². The Kier molecular flexibility index (Phi) is 4.91. The van der Waals surface area contributed by atoms with E-state index in [2.05, 4.69) is 5.43 Å². The average molecular weight is 243 g/mol. The minimum Gasteiger partial charge on any atom is -0.389 e. The number of hydrogen-bond donors (Lipinski definition) is 3. The summed E-state index contributed by atoms with van der Waals surface area (Å²) in [6, 6.07) is 0.0585. The summed E-state index contributed by atoms with van der Waals surface area (Å²) in [5, 5.41) is 10.3. The van der Waals surface area contributed by atoms with E-state index in [-0.39, 0.29) is 17.9 Å². The van der Waals surface area contributed by atoms with E-state index in [1.54, 1.807) is 0 Å².